The van der Waals surface area contributed by atoms with Crippen LogP contribution in [0.1, 0.15) is 5.56 Å². The summed E-state index contributed by atoms with van der Waals surface area (Å²) in [6.45, 7) is 6.26. The van der Waals surface area contributed by atoms with Crippen molar-refractivity contribution in [1.29, 1.82) is 0 Å². The van der Waals surface area contributed by atoms with Gasteiger partial charge in [-0.1, -0.05) is 22.0 Å². The van der Waals surface area contributed by atoms with Gasteiger partial charge in [0, 0.05) is 16.7 Å². The van der Waals surface area contributed by atoms with Crippen LogP contribution in [0.4, 0.5) is 17.5 Å². The third kappa shape index (κ3) is 3.75. The molecule has 0 aliphatic heterocycles. The molecule has 1 aromatic carbocycles. The Balaban J connectivity index is 2.13. The molecule has 0 unspecified atom stereocenters. The summed E-state index contributed by atoms with van der Waals surface area (Å²) >= 11 is 3.47. The van der Waals surface area contributed by atoms with Gasteiger partial charge in [0.15, 0.2) is 5.82 Å². The average molecular weight is 320 g/mol. The van der Waals surface area contributed by atoms with E-state index < -0.39 is 0 Å². The van der Waals surface area contributed by atoms with Crippen LogP contribution >= 0.6 is 15.9 Å². The van der Waals surface area contributed by atoms with Gasteiger partial charge in [0.05, 0.1) is 6.20 Å². The van der Waals surface area contributed by atoms with Crippen molar-refractivity contribution in [3.05, 3.63) is 47.1 Å². The topological polar surface area (TPSA) is 62.7 Å². The van der Waals surface area contributed by atoms with Gasteiger partial charge < -0.3 is 10.6 Å². The lowest BCUT2D eigenvalue weighted by Crippen LogP contribution is -2.05. The highest BCUT2D eigenvalue weighted by atomic mass is 79.9. The molecule has 0 aliphatic carbocycles. The minimum Gasteiger partial charge on any atom is -0.349 e. The summed E-state index contributed by atoms with van der Waals surface area (Å²) in [5.41, 5.74) is 2.10. The lowest BCUT2D eigenvalue weighted by atomic mass is 10.2. The molecule has 0 radical (unpaired) electrons. The summed E-state index contributed by atoms with van der Waals surface area (Å²) in [4.78, 5) is 4.30. The standard InChI is InChI=1S/C13H14BrN5/c1-3-6-15-13-18-12(8-16-19-13)17-10-4-5-11(14)9(2)7-10/h3-5,7-8H,1,6H2,2H3,(H2,15,17,18,19). The summed E-state index contributed by atoms with van der Waals surface area (Å²) < 4.78 is 1.08. The largest absolute Gasteiger partial charge is 0.349 e. The molecule has 0 aliphatic rings. The van der Waals surface area contributed by atoms with E-state index in [1.165, 1.54) is 0 Å². The van der Waals surface area contributed by atoms with Crippen LogP contribution in [-0.2, 0) is 0 Å². The van der Waals surface area contributed by atoms with E-state index in [-0.39, 0.29) is 0 Å². The fourth-order valence-electron chi connectivity index (χ4n) is 1.47. The molecule has 0 atom stereocenters. The first-order valence-corrected chi connectivity index (χ1v) is 6.56. The number of anilines is 3. The van der Waals surface area contributed by atoms with E-state index in [0.29, 0.717) is 18.3 Å². The van der Waals surface area contributed by atoms with Crippen LogP contribution < -0.4 is 10.6 Å². The molecule has 1 heterocycles. The Bertz CT molecular complexity index is 585. The SMILES string of the molecule is C=CCNc1nncc(Nc2ccc(Br)c(C)c2)n1. The van der Waals surface area contributed by atoms with Gasteiger partial charge in [-0.2, -0.15) is 10.1 Å². The van der Waals surface area contributed by atoms with Gasteiger partial charge in [0.1, 0.15) is 0 Å². The zero-order chi connectivity index (χ0) is 13.7. The number of aryl methyl sites for hydroxylation is 1. The number of benzene rings is 1. The number of nitrogens with one attached hydrogen (secondary N) is 2. The van der Waals surface area contributed by atoms with Crippen molar-refractivity contribution in [2.24, 2.45) is 0 Å². The molecular weight excluding hydrogens is 306 g/mol. The lowest BCUT2D eigenvalue weighted by molar-refractivity contribution is 0.968. The Morgan fingerprint density at radius 1 is 1.42 bits per heavy atom. The minimum atomic E-state index is 0.471. The fourth-order valence-corrected chi connectivity index (χ4v) is 1.72. The van der Waals surface area contributed by atoms with Crippen molar-refractivity contribution in [1.82, 2.24) is 15.2 Å². The molecule has 1 aromatic heterocycles. The molecular formula is C13H14BrN5. The van der Waals surface area contributed by atoms with Gasteiger partial charge in [-0.25, -0.2) is 0 Å². The molecule has 19 heavy (non-hydrogen) atoms. The Kier molecular flexibility index (Phi) is 4.46. The second kappa shape index (κ2) is 6.29. The highest BCUT2D eigenvalue weighted by Crippen LogP contribution is 2.22. The van der Waals surface area contributed by atoms with E-state index in [2.05, 4.69) is 48.3 Å². The van der Waals surface area contributed by atoms with Crippen LogP contribution in [0.2, 0.25) is 0 Å². The van der Waals surface area contributed by atoms with E-state index in [1.54, 1.807) is 12.3 Å². The van der Waals surface area contributed by atoms with E-state index in [9.17, 15) is 0 Å². The van der Waals surface area contributed by atoms with Crippen molar-refractivity contribution < 1.29 is 0 Å². The van der Waals surface area contributed by atoms with Gasteiger partial charge >= 0.3 is 0 Å². The second-order valence-electron chi connectivity index (χ2n) is 3.92. The van der Waals surface area contributed by atoms with Crippen LogP contribution in [0.15, 0.2) is 41.5 Å². The van der Waals surface area contributed by atoms with E-state index in [4.69, 9.17) is 0 Å². The average Bonchev–Trinajstić information content (AvgIpc) is 2.41. The zero-order valence-corrected chi connectivity index (χ0v) is 12.1. The van der Waals surface area contributed by atoms with E-state index in [0.717, 1.165) is 15.7 Å². The summed E-state index contributed by atoms with van der Waals surface area (Å²) in [7, 11) is 0. The molecule has 0 saturated heterocycles. The first kappa shape index (κ1) is 13.5. The molecule has 6 heteroatoms. The third-order valence-corrected chi connectivity index (χ3v) is 3.28. The Hall–Kier alpha value is -1.95. The molecule has 0 saturated carbocycles. The highest BCUT2D eigenvalue weighted by molar-refractivity contribution is 9.10. The highest BCUT2D eigenvalue weighted by Gasteiger charge is 2.01. The number of rotatable bonds is 5. The minimum absolute atomic E-state index is 0.471. The predicted molar refractivity (Wildman–Crippen MR) is 80.7 cm³/mol. The third-order valence-electron chi connectivity index (χ3n) is 2.39. The molecule has 0 fully saturated rings. The number of hydrogen-bond donors (Lipinski definition) is 2. The van der Waals surface area contributed by atoms with Gasteiger partial charge in [-0.05, 0) is 30.7 Å². The molecule has 2 rings (SSSR count). The van der Waals surface area contributed by atoms with Crippen LogP contribution in [-0.4, -0.2) is 21.7 Å². The number of halogens is 1. The molecule has 0 amide bonds. The number of nitrogens with zero attached hydrogens (tertiary/aromatic N) is 3. The summed E-state index contributed by atoms with van der Waals surface area (Å²) in [6.07, 6.45) is 3.32. The Labute approximate surface area is 120 Å². The molecule has 2 N–H and O–H groups in total. The number of hydrogen-bond acceptors (Lipinski definition) is 5. The second-order valence-corrected chi connectivity index (χ2v) is 4.78. The monoisotopic (exact) mass is 319 g/mol. The van der Waals surface area contributed by atoms with Crippen molar-refractivity contribution in [3.8, 4) is 0 Å². The first-order valence-electron chi connectivity index (χ1n) is 5.76. The predicted octanol–water partition coefficient (Wildman–Crippen LogP) is 3.28. The maximum atomic E-state index is 4.30. The molecule has 2 aromatic rings. The zero-order valence-electron chi connectivity index (χ0n) is 10.5. The molecule has 0 bridgehead atoms. The maximum absolute atomic E-state index is 4.30. The lowest BCUT2D eigenvalue weighted by Gasteiger charge is -2.08. The van der Waals surface area contributed by atoms with Crippen molar-refractivity contribution >= 4 is 33.4 Å². The smallest absolute Gasteiger partial charge is 0.244 e. The van der Waals surface area contributed by atoms with Crippen LogP contribution in [0.25, 0.3) is 0 Å². The summed E-state index contributed by atoms with van der Waals surface area (Å²) in [6, 6.07) is 5.99. The van der Waals surface area contributed by atoms with Crippen molar-refractivity contribution in [2.45, 2.75) is 6.92 Å². The first-order chi connectivity index (χ1) is 9.19. The fraction of sp³-hybridized carbons (Fsp3) is 0.154. The normalized spacial score (nSPS) is 10.0. The molecule has 98 valence electrons. The molecule has 0 spiro atoms. The van der Waals surface area contributed by atoms with E-state index in [1.807, 2.05) is 25.1 Å². The van der Waals surface area contributed by atoms with Gasteiger partial charge in [-0.3, -0.25) is 0 Å². The van der Waals surface area contributed by atoms with Crippen LogP contribution in [0, 0.1) is 6.92 Å². The summed E-state index contributed by atoms with van der Waals surface area (Å²) in [5, 5.41) is 14.0. The van der Waals surface area contributed by atoms with Crippen LogP contribution in [0.3, 0.4) is 0 Å². The Morgan fingerprint density at radius 3 is 3.00 bits per heavy atom. The van der Waals surface area contributed by atoms with Gasteiger partial charge in [0.2, 0.25) is 5.95 Å². The van der Waals surface area contributed by atoms with Crippen LogP contribution in [0.5, 0.6) is 0 Å². The summed E-state index contributed by atoms with van der Waals surface area (Å²) in [5.74, 6) is 1.11. The van der Waals surface area contributed by atoms with Crippen molar-refractivity contribution in [2.75, 3.05) is 17.2 Å². The van der Waals surface area contributed by atoms with Gasteiger partial charge in [0.25, 0.3) is 0 Å². The Morgan fingerprint density at radius 2 is 2.26 bits per heavy atom. The van der Waals surface area contributed by atoms with E-state index >= 15 is 0 Å². The quantitative estimate of drug-likeness (QED) is 0.828. The van der Waals surface area contributed by atoms with Crippen molar-refractivity contribution in [3.63, 3.8) is 0 Å². The molecule has 5 nitrogen and oxygen atoms in total. The maximum Gasteiger partial charge on any atom is 0.244 e. The van der Waals surface area contributed by atoms with Gasteiger partial charge in [-0.15, -0.1) is 11.7 Å². The number of aromatic nitrogens is 3.